The van der Waals surface area contributed by atoms with Gasteiger partial charge in [-0.05, 0) is 42.8 Å². The number of sulfonamides is 1. The highest BCUT2D eigenvalue weighted by Crippen LogP contribution is 2.32. The fourth-order valence-electron chi connectivity index (χ4n) is 2.73. The van der Waals surface area contributed by atoms with Crippen molar-refractivity contribution in [3.63, 3.8) is 0 Å². The number of nitrogens with zero attached hydrogens (tertiary/aromatic N) is 2. The van der Waals surface area contributed by atoms with Crippen LogP contribution in [0.2, 0.25) is 5.02 Å². The first-order chi connectivity index (χ1) is 12.9. The van der Waals surface area contributed by atoms with Crippen LogP contribution in [0.4, 0.5) is 11.4 Å². The number of hydrogen-bond donors (Lipinski definition) is 1. The van der Waals surface area contributed by atoms with E-state index in [0.717, 1.165) is 6.42 Å². The lowest BCUT2D eigenvalue weighted by molar-refractivity contribution is 0.102. The van der Waals surface area contributed by atoms with Crippen LogP contribution in [-0.2, 0) is 10.0 Å². The molecule has 2 aromatic carbocycles. The van der Waals surface area contributed by atoms with Gasteiger partial charge in [0.2, 0.25) is 0 Å². The summed E-state index contributed by atoms with van der Waals surface area (Å²) in [6.07, 6.45) is 2.13. The summed E-state index contributed by atoms with van der Waals surface area (Å²) in [7, 11) is -2.36. The average molecular weight is 408 g/mol. The minimum absolute atomic E-state index is 0.00385. The molecule has 7 nitrogen and oxygen atoms in total. The monoisotopic (exact) mass is 407 g/mol. The molecule has 0 radical (unpaired) electrons. The van der Waals surface area contributed by atoms with E-state index < -0.39 is 15.9 Å². The number of carbonyl (C=O) groups excluding carboxylic acids is 1. The van der Waals surface area contributed by atoms with Gasteiger partial charge in [-0.2, -0.15) is 8.42 Å². The number of amides is 1. The van der Waals surface area contributed by atoms with E-state index in [-0.39, 0.29) is 10.5 Å². The fraction of sp³-hybridized carbons (Fsp3) is 0.222. The number of anilines is 2. The van der Waals surface area contributed by atoms with Crippen LogP contribution in [0, 0.1) is 0 Å². The Bertz CT molecular complexity index is 1020. The molecular formula is C18H18ClN3O4S. The zero-order valence-electron chi connectivity index (χ0n) is 14.8. The lowest BCUT2D eigenvalue weighted by atomic mass is 10.1. The molecule has 1 N–H and O–H groups in total. The van der Waals surface area contributed by atoms with Crippen LogP contribution in [-0.4, -0.2) is 34.3 Å². The molecule has 142 valence electrons. The van der Waals surface area contributed by atoms with Crippen LogP contribution >= 0.6 is 11.6 Å². The Morgan fingerprint density at radius 2 is 2.04 bits per heavy atom. The van der Waals surface area contributed by atoms with E-state index in [2.05, 4.69) is 9.71 Å². The molecule has 3 rings (SSSR count). The van der Waals surface area contributed by atoms with Gasteiger partial charge in [0.1, 0.15) is 17.0 Å². The Kier molecular flexibility index (Phi) is 5.38. The van der Waals surface area contributed by atoms with Crippen molar-refractivity contribution in [2.45, 2.75) is 18.2 Å². The number of methoxy groups -OCH3 is 1. The minimum Gasteiger partial charge on any atom is -0.495 e. The van der Waals surface area contributed by atoms with Gasteiger partial charge in [-0.15, -0.1) is 4.40 Å². The molecule has 2 aromatic rings. The SMILES string of the molecule is CCCN1C=NS(=O)(=O)c2cc(C(=O)Nc3cc(Cl)ccc3OC)ccc21. The van der Waals surface area contributed by atoms with Crippen LogP contribution in [0.1, 0.15) is 23.7 Å². The van der Waals surface area contributed by atoms with Crippen molar-refractivity contribution in [1.82, 2.24) is 0 Å². The summed E-state index contributed by atoms with van der Waals surface area (Å²) in [5.41, 5.74) is 1.08. The molecule has 0 spiro atoms. The first-order valence-corrected chi connectivity index (χ1v) is 10.0. The summed E-state index contributed by atoms with van der Waals surface area (Å²) in [4.78, 5) is 14.4. The van der Waals surface area contributed by atoms with Gasteiger partial charge >= 0.3 is 0 Å². The van der Waals surface area contributed by atoms with Gasteiger partial charge in [-0.3, -0.25) is 4.79 Å². The molecule has 0 aromatic heterocycles. The molecular weight excluding hydrogens is 390 g/mol. The Balaban J connectivity index is 1.95. The number of halogens is 1. The second-order valence-corrected chi connectivity index (χ2v) is 7.91. The van der Waals surface area contributed by atoms with Crippen LogP contribution in [0.15, 0.2) is 45.7 Å². The number of fused-ring (bicyclic) bond motifs is 1. The molecule has 1 heterocycles. The van der Waals surface area contributed by atoms with Gasteiger partial charge < -0.3 is 15.0 Å². The predicted octanol–water partition coefficient (Wildman–Crippen LogP) is 3.55. The molecule has 0 saturated carbocycles. The van der Waals surface area contributed by atoms with Crippen LogP contribution in [0.3, 0.4) is 0 Å². The molecule has 0 atom stereocenters. The molecule has 0 saturated heterocycles. The van der Waals surface area contributed by atoms with E-state index in [1.165, 1.54) is 19.5 Å². The average Bonchev–Trinajstić information content (AvgIpc) is 2.64. The summed E-state index contributed by atoms with van der Waals surface area (Å²) < 4.78 is 33.5. The zero-order valence-corrected chi connectivity index (χ0v) is 16.3. The predicted molar refractivity (Wildman–Crippen MR) is 106 cm³/mol. The van der Waals surface area contributed by atoms with Crippen molar-refractivity contribution >= 4 is 45.2 Å². The van der Waals surface area contributed by atoms with Gasteiger partial charge in [0, 0.05) is 17.1 Å². The van der Waals surface area contributed by atoms with E-state index in [1.54, 1.807) is 35.2 Å². The molecule has 9 heteroatoms. The van der Waals surface area contributed by atoms with Crippen molar-refractivity contribution in [3.05, 3.63) is 47.0 Å². The number of carbonyl (C=O) groups is 1. The first kappa shape index (κ1) is 19.2. The molecule has 27 heavy (non-hydrogen) atoms. The highest BCUT2D eigenvalue weighted by molar-refractivity contribution is 7.90. The Hall–Kier alpha value is -2.58. The molecule has 1 aliphatic heterocycles. The van der Waals surface area contributed by atoms with Crippen molar-refractivity contribution in [3.8, 4) is 5.75 Å². The summed E-state index contributed by atoms with van der Waals surface area (Å²) in [5.74, 6) is -0.0396. The zero-order chi connectivity index (χ0) is 19.6. The summed E-state index contributed by atoms with van der Waals surface area (Å²) in [6, 6.07) is 9.34. The molecule has 0 bridgehead atoms. The largest absolute Gasteiger partial charge is 0.495 e. The summed E-state index contributed by atoms with van der Waals surface area (Å²) in [6.45, 7) is 2.61. The molecule has 0 aliphatic carbocycles. The topological polar surface area (TPSA) is 88.1 Å². The van der Waals surface area contributed by atoms with Crippen LogP contribution < -0.4 is 15.0 Å². The number of rotatable bonds is 5. The van der Waals surface area contributed by atoms with Gasteiger partial charge in [0.15, 0.2) is 0 Å². The first-order valence-electron chi connectivity index (χ1n) is 8.21. The van der Waals surface area contributed by atoms with Crippen molar-refractivity contribution in [1.29, 1.82) is 0 Å². The van der Waals surface area contributed by atoms with Crippen molar-refractivity contribution in [2.24, 2.45) is 4.40 Å². The third-order valence-corrected chi connectivity index (χ3v) is 5.50. The lowest BCUT2D eigenvalue weighted by Crippen LogP contribution is -2.28. The van der Waals surface area contributed by atoms with Gasteiger partial charge in [0.25, 0.3) is 15.9 Å². The normalized spacial score (nSPS) is 14.6. The molecule has 1 aliphatic rings. The van der Waals surface area contributed by atoms with Crippen LogP contribution in [0.25, 0.3) is 0 Å². The maximum atomic E-state index is 12.6. The number of ether oxygens (including phenoxy) is 1. The van der Waals surface area contributed by atoms with E-state index in [0.29, 0.717) is 28.7 Å². The van der Waals surface area contributed by atoms with E-state index in [9.17, 15) is 13.2 Å². The van der Waals surface area contributed by atoms with E-state index in [1.807, 2.05) is 6.92 Å². The second-order valence-electron chi connectivity index (χ2n) is 5.87. The Labute approximate surface area is 162 Å². The standard InChI is InChI=1S/C18H18ClN3O4S/c1-3-8-22-11-20-27(24,25)17-9-12(4-6-15(17)22)18(23)21-14-10-13(19)5-7-16(14)26-2/h4-7,9-11H,3,8H2,1-2H3,(H,21,23). The lowest BCUT2D eigenvalue weighted by Gasteiger charge is -2.25. The summed E-state index contributed by atoms with van der Waals surface area (Å²) >= 11 is 5.97. The molecule has 0 unspecified atom stereocenters. The van der Waals surface area contributed by atoms with E-state index in [4.69, 9.17) is 16.3 Å². The van der Waals surface area contributed by atoms with Gasteiger partial charge in [0.05, 0.1) is 18.5 Å². The second kappa shape index (κ2) is 7.58. The third kappa shape index (κ3) is 3.91. The maximum Gasteiger partial charge on any atom is 0.285 e. The third-order valence-electron chi connectivity index (χ3n) is 4.01. The number of benzene rings is 2. The summed E-state index contributed by atoms with van der Waals surface area (Å²) in [5, 5.41) is 3.13. The number of nitrogens with one attached hydrogen (secondary N) is 1. The Morgan fingerprint density at radius 3 is 2.74 bits per heavy atom. The van der Waals surface area contributed by atoms with Crippen molar-refractivity contribution < 1.29 is 17.9 Å². The minimum atomic E-state index is -3.84. The highest BCUT2D eigenvalue weighted by Gasteiger charge is 2.26. The highest BCUT2D eigenvalue weighted by atomic mass is 35.5. The van der Waals surface area contributed by atoms with Gasteiger partial charge in [-0.25, -0.2) is 0 Å². The molecule has 0 fully saturated rings. The quantitative estimate of drug-likeness (QED) is 0.818. The Morgan fingerprint density at radius 1 is 1.26 bits per heavy atom. The van der Waals surface area contributed by atoms with E-state index >= 15 is 0 Å². The maximum absolute atomic E-state index is 12.6. The van der Waals surface area contributed by atoms with Crippen molar-refractivity contribution in [2.75, 3.05) is 23.9 Å². The fourth-order valence-corrected chi connectivity index (χ4v) is 3.98. The smallest absolute Gasteiger partial charge is 0.285 e. The number of hydrogen-bond acceptors (Lipinski definition) is 5. The molecule has 1 amide bonds. The van der Waals surface area contributed by atoms with Gasteiger partial charge in [-0.1, -0.05) is 18.5 Å². The van der Waals surface area contributed by atoms with Crippen LogP contribution in [0.5, 0.6) is 5.75 Å².